The quantitative estimate of drug-likeness (QED) is 0.320. The Morgan fingerprint density at radius 3 is 2.48 bits per heavy atom. The number of rotatable bonds is 8. The lowest BCUT2D eigenvalue weighted by Crippen LogP contribution is -1.99. The predicted octanol–water partition coefficient (Wildman–Crippen LogP) is 6.06. The monoisotopic (exact) mass is 446 g/mol. The van der Waals surface area contributed by atoms with Crippen molar-refractivity contribution in [2.45, 2.75) is 45.4 Å². The van der Waals surface area contributed by atoms with Crippen LogP contribution in [0, 0.1) is 3.57 Å². The number of hydrogen-bond donors (Lipinski definition) is 2. The van der Waals surface area contributed by atoms with Crippen LogP contribution in [0.25, 0.3) is 22.2 Å². The van der Waals surface area contributed by atoms with Crippen molar-refractivity contribution < 1.29 is 0 Å². The molecule has 25 heavy (non-hydrogen) atoms. The van der Waals surface area contributed by atoms with Crippen LogP contribution in [0.5, 0.6) is 0 Å². The minimum atomic E-state index is 0.767. The fraction of sp³-hybridized carbons (Fsp3) is 0.364. The maximum absolute atomic E-state index is 5.72. The number of halogens is 1. The van der Waals surface area contributed by atoms with E-state index in [-0.39, 0.29) is 0 Å². The molecule has 1 aromatic heterocycles. The van der Waals surface area contributed by atoms with Crippen LogP contribution in [0.15, 0.2) is 42.5 Å². The van der Waals surface area contributed by atoms with Crippen molar-refractivity contribution in [3.8, 4) is 11.3 Å². The molecule has 132 valence electrons. The van der Waals surface area contributed by atoms with Crippen molar-refractivity contribution in [2.75, 3.05) is 6.54 Å². The normalized spacial score (nSPS) is 11.3. The van der Waals surface area contributed by atoms with Crippen molar-refractivity contribution >= 4 is 33.5 Å². The number of benzene rings is 2. The molecule has 0 saturated carbocycles. The first-order valence-corrected chi connectivity index (χ1v) is 10.4. The lowest BCUT2D eigenvalue weighted by molar-refractivity contribution is 0.748. The van der Waals surface area contributed by atoms with Crippen LogP contribution in [0.4, 0.5) is 0 Å². The smallest absolute Gasteiger partial charge is 0.0497 e. The molecule has 1 heterocycles. The van der Waals surface area contributed by atoms with Gasteiger partial charge in [0, 0.05) is 20.2 Å². The molecule has 0 atom stereocenters. The Morgan fingerprint density at radius 1 is 0.960 bits per heavy atom. The van der Waals surface area contributed by atoms with Crippen LogP contribution >= 0.6 is 22.6 Å². The third kappa shape index (κ3) is 4.45. The van der Waals surface area contributed by atoms with E-state index in [9.17, 15) is 0 Å². The third-order valence-electron chi connectivity index (χ3n) is 4.80. The summed E-state index contributed by atoms with van der Waals surface area (Å²) in [5.74, 6) is 0. The van der Waals surface area contributed by atoms with Crippen molar-refractivity contribution in [3.63, 3.8) is 0 Å². The highest BCUT2D eigenvalue weighted by atomic mass is 127. The van der Waals surface area contributed by atoms with E-state index >= 15 is 0 Å². The highest BCUT2D eigenvalue weighted by Gasteiger charge is 2.13. The van der Waals surface area contributed by atoms with E-state index in [1.807, 2.05) is 0 Å². The summed E-state index contributed by atoms with van der Waals surface area (Å²) >= 11 is 2.36. The maximum atomic E-state index is 5.72. The van der Waals surface area contributed by atoms with Crippen molar-refractivity contribution in [2.24, 2.45) is 5.73 Å². The molecule has 0 aliphatic carbocycles. The average molecular weight is 446 g/mol. The van der Waals surface area contributed by atoms with Gasteiger partial charge in [-0.25, -0.2) is 0 Å². The van der Waals surface area contributed by atoms with Gasteiger partial charge in [-0.05, 0) is 102 Å². The summed E-state index contributed by atoms with van der Waals surface area (Å²) in [4.78, 5) is 3.68. The van der Waals surface area contributed by atoms with Gasteiger partial charge in [-0.2, -0.15) is 0 Å². The summed E-state index contributed by atoms with van der Waals surface area (Å²) in [6.07, 6.45) is 6.95. The van der Waals surface area contributed by atoms with E-state index in [2.05, 4.69) is 77.0 Å². The van der Waals surface area contributed by atoms with Crippen molar-refractivity contribution in [1.29, 1.82) is 0 Å². The molecular weight excluding hydrogens is 419 g/mol. The highest BCUT2D eigenvalue weighted by Crippen LogP contribution is 2.32. The van der Waals surface area contributed by atoms with Crippen LogP contribution in [0.2, 0.25) is 0 Å². The standard InChI is InChI=1S/C22H27IN2/c1-2-3-6-16-8-13-21-20(15-16)19(7-4-5-14-24)22(25-21)17-9-11-18(23)12-10-17/h8-13,15,25H,2-7,14,24H2,1H3. The molecule has 3 rings (SSSR count). The second-order valence-electron chi connectivity index (χ2n) is 6.71. The highest BCUT2D eigenvalue weighted by molar-refractivity contribution is 14.1. The van der Waals surface area contributed by atoms with Gasteiger partial charge in [0.1, 0.15) is 0 Å². The molecule has 2 nitrogen and oxygen atoms in total. The molecule has 0 aliphatic heterocycles. The Hall–Kier alpha value is -1.33. The number of nitrogens with two attached hydrogens (primary N) is 1. The summed E-state index contributed by atoms with van der Waals surface area (Å²) in [6, 6.07) is 15.7. The van der Waals surface area contributed by atoms with Gasteiger partial charge in [0.2, 0.25) is 0 Å². The number of hydrogen-bond acceptors (Lipinski definition) is 1. The van der Waals surface area contributed by atoms with E-state index in [1.54, 1.807) is 0 Å². The predicted molar refractivity (Wildman–Crippen MR) is 117 cm³/mol. The lowest BCUT2D eigenvalue weighted by Gasteiger charge is -2.06. The van der Waals surface area contributed by atoms with Crippen LogP contribution in [0.3, 0.4) is 0 Å². The Bertz CT molecular complexity index is 818. The van der Waals surface area contributed by atoms with E-state index in [1.165, 1.54) is 56.1 Å². The second kappa shape index (κ2) is 8.86. The molecule has 2 aromatic carbocycles. The van der Waals surface area contributed by atoms with Crippen LogP contribution in [-0.2, 0) is 12.8 Å². The largest absolute Gasteiger partial charge is 0.354 e. The Morgan fingerprint density at radius 2 is 1.76 bits per heavy atom. The van der Waals surface area contributed by atoms with E-state index in [0.29, 0.717) is 0 Å². The lowest BCUT2D eigenvalue weighted by atomic mass is 9.98. The summed E-state index contributed by atoms with van der Waals surface area (Å²) < 4.78 is 1.27. The summed E-state index contributed by atoms with van der Waals surface area (Å²) in [5.41, 5.74) is 12.4. The minimum Gasteiger partial charge on any atom is -0.354 e. The Labute approximate surface area is 164 Å². The fourth-order valence-corrected chi connectivity index (χ4v) is 3.76. The number of H-pyrrole nitrogens is 1. The molecule has 0 radical (unpaired) electrons. The number of aromatic amines is 1. The van der Waals surface area contributed by atoms with Crippen molar-refractivity contribution in [1.82, 2.24) is 4.98 Å². The molecule has 0 saturated heterocycles. The van der Waals surface area contributed by atoms with Gasteiger partial charge < -0.3 is 10.7 Å². The van der Waals surface area contributed by atoms with Gasteiger partial charge >= 0.3 is 0 Å². The minimum absolute atomic E-state index is 0.767. The molecule has 0 amide bonds. The van der Waals surface area contributed by atoms with Gasteiger partial charge in [0.05, 0.1) is 0 Å². The Kier molecular flexibility index (Phi) is 6.54. The summed E-state index contributed by atoms with van der Waals surface area (Å²) in [6.45, 7) is 3.02. The van der Waals surface area contributed by atoms with Gasteiger partial charge in [0.25, 0.3) is 0 Å². The first-order valence-electron chi connectivity index (χ1n) is 9.32. The van der Waals surface area contributed by atoms with E-state index in [0.717, 1.165) is 25.8 Å². The number of unbranched alkanes of at least 4 members (excludes halogenated alkanes) is 2. The second-order valence-corrected chi connectivity index (χ2v) is 7.96. The van der Waals surface area contributed by atoms with Gasteiger partial charge in [-0.1, -0.05) is 31.5 Å². The van der Waals surface area contributed by atoms with Crippen LogP contribution in [-0.4, -0.2) is 11.5 Å². The zero-order valence-electron chi connectivity index (χ0n) is 14.9. The molecule has 3 N–H and O–H groups in total. The van der Waals surface area contributed by atoms with E-state index in [4.69, 9.17) is 5.73 Å². The Balaban J connectivity index is 2.04. The van der Waals surface area contributed by atoms with Gasteiger partial charge in [0.15, 0.2) is 0 Å². The van der Waals surface area contributed by atoms with Crippen LogP contribution in [0.1, 0.15) is 43.7 Å². The molecule has 0 unspecified atom stereocenters. The molecule has 0 fully saturated rings. The van der Waals surface area contributed by atoms with Gasteiger partial charge in [-0.3, -0.25) is 0 Å². The number of aromatic nitrogens is 1. The number of aryl methyl sites for hydroxylation is 2. The van der Waals surface area contributed by atoms with Crippen LogP contribution < -0.4 is 5.73 Å². The molecular formula is C22H27IN2. The first-order chi connectivity index (χ1) is 12.2. The summed E-state index contributed by atoms with van der Waals surface area (Å²) in [7, 11) is 0. The maximum Gasteiger partial charge on any atom is 0.0497 e. The fourth-order valence-electron chi connectivity index (χ4n) is 3.40. The molecule has 0 spiro atoms. The molecule has 0 bridgehead atoms. The zero-order valence-corrected chi connectivity index (χ0v) is 17.1. The number of nitrogens with one attached hydrogen (secondary N) is 1. The topological polar surface area (TPSA) is 41.8 Å². The first kappa shape index (κ1) is 18.5. The number of fused-ring (bicyclic) bond motifs is 1. The average Bonchev–Trinajstić information content (AvgIpc) is 2.99. The molecule has 3 aromatic rings. The third-order valence-corrected chi connectivity index (χ3v) is 5.52. The van der Waals surface area contributed by atoms with E-state index < -0.39 is 0 Å². The van der Waals surface area contributed by atoms with Gasteiger partial charge in [-0.15, -0.1) is 0 Å². The molecule has 3 heteroatoms. The van der Waals surface area contributed by atoms with Crippen molar-refractivity contribution in [3.05, 3.63) is 57.2 Å². The SMILES string of the molecule is CCCCc1ccc2[nH]c(-c3ccc(I)cc3)c(CCCCN)c2c1. The molecule has 0 aliphatic rings. The zero-order chi connectivity index (χ0) is 17.6. The summed E-state index contributed by atoms with van der Waals surface area (Å²) in [5, 5.41) is 1.39.